The number of ether oxygens (including phenoxy) is 1. The molecule has 2 rings (SSSR count). The van der Waals surface area contributed by atoms with Crippen molar-refractivity contribution >= 4 is 28.6 Å². The van der Waals surface area contributed by atoms with Crippen molar-refractivity contribution < 1.29 is 4.74 Å². The van der Waals surface area contributed by atoms with Crippen molar-refractivity contribution in [2.24, 2.45) is 0 Å². The third-order valence-electron chi connectivity index (χ3n) is 2.44. The second-order valence-corrected chi connectivity index (χ2v) is 4.81. The smallest absolute Gasteiger partial charge is 0.180 e. The normalized spacial score (nSPS) is 11.0. The van der Waals surface area contributed by atoms with E-state index in [1.54, 1.807) is 0 Å². The molecule has 1 aromatic heterocycles. The second-order valence-electron chi connectivity index (χ2n) is 3.92. The van der Waals surface area contributed by atoms with Gasteiger partial charge < -0.3 is 10.5 Å². The number of hydrogen-bond donors (Lipinski definition) is 1. The molecule has 1 aromatic carbocycles. The van der Waals surface area contributed by atoms with E-state index in [2.05, 4.69) is 18.0 Å². The lowest BCUT2D eigenvalue weighted by atomic mass is 10.1. The van der Waals surface area contributed by atoms with E-state index in [1.807, 2.05) is 36.6 Å². The van der Waals surface area contributed by atoms with E-state index >= 15 is 0 Å². The zero-order chi connectivity index (χ0) is 13.0. The number of nitrogen functional groups attached to an aromatic ring is 1. The Morgan fingerprint density at radius 3 is 2.89 bits per heavy atom. The first-order chi connectivity index (χ1) is 8.69. The highest BCUT2D eigenvalue weighted by Crippen LogP contribution is 2.23. The van der Waals surface area contributed by atoms with Crippen molar-refractivity contribution in [2.75, 3.05) is 12.3 Å². The molecule has 0 unspecified atom stereocenters. The summed E-state index contributed by atoms with van der Waals surface area (Å²) < 4.78 is 5.59. The van der Waals surface area contributed by atoms with Gasteiger partial charge in [-0.25, -0.2) is 4.98 Å². The average molecular weight is 260 g/mol. The molecular weight excluding hydrogens is 244 g/mol. The Kier molecular flexibility index (Phi) is 3.99. The molecule has 18 heavy (non-hydrogen) atoms. The minimum Gasteiger partial charge on any atom is -0.493 e. The number of aromatic nitrogens is 1. The van der Waals surface area contributed by atoms with Gasteiger partial charge in [0.2, 0.25) is 0 Å². The van der Waals surface area contributed by atoms with E-state index in [0.717, 1.165) is 17.0 Å². The van der Waals surface area contributed by atoms with Crippen LogP contribution in [0.15, 0.2) is 23.6 Å². The summed E-state index contributed by atoms with van der Waals surface area (Å²) in [6.45, 7) is 4.70. The molecule has 0 saturated carbocycles. The molecule has 0 bridgehead atoms. The van der Waals surface area contributed by atoms with Gasteiger partial charge in [-0.3, -0.25) is 0 Å². The van der Waals surface area contributed by atoms with Gasteiger partial charge in [-0.1, -0.05) is 11.6 Å². The molecule has 0 aliphatic rings. The maximum Gasteiger partial charge on any atom is 0.180 e. The van der Waals surface area contributed by atoms with Crippen molar-refractivity contribution in [3.05, 3.63) is 40.4 Å². The van der Waals surface area contributed by atoms with Gasteiger partial charge in [0, 0.05) is 10.9 Å². The maximum absolute atomic E-state index is 5.60. The maximum atomic E-state index is 5.60. The predicted molar refractivity (Wildman–Crippen MR) is 77.8 cm³/mol. The Bertz CT molecular complexity index is 561. The topological polar surface area (TPSA) is 48.1 Å². The Balaban J connectivity index is 2.26. The summed E-state index contributed by atoms with van der Waals surface area (Å²) >= 11 is 1.44. The molecule has 1 heterocycles. The molecule has 0 amide bonds. The van der Waals surface area contributed by atoms with Crippen LogP contribution >= 0.6 is 11.3 Å². The third kappa shape index (κ3) is 3.11. The molecule has 0 aliphatic heterocycles. The van der Waals surface area contributed by atoms with Crippen molar-refractivity contribution in [3.63, 3.8) is 0 Å². The summed E-state index contributed by atoms with van der Waals surface area (Å²) in [5.41, 5.74) is 8.74. The number of thiazole rings is 1. The fourth-order valence-corrected chi connectivity index (χ4v) is 2.17. The number of benzene rings is 1. The first kappa shape index (κ1) is 12.6. The van der Waals surface area contributed by atoms with Gasteiger partial charge in [-0.2, -0.15) is 0 Å². The second kappa shape index (κ2) is 5.69. The molecule has 94 valence electrons. The van der Waals surface area contributed by atoms with Gasteiger partial charge in [0.25, 0.3) is 0 Å². The molecule has 0 atom stereocenters. The van der Waals surface area contributed by atoms with Crippen LogP contribution in [0.3, 0.4) is 0 Å². The quantitative estimate of drug-likeness (QED) is 0.913. The van der Waals surface area contributed by atoms with Crippen LogP contribution in [0.25, 0.3) is 12.2 Å². The number of rotatable bonds is 4. The van der Waals surface area contributed by atoms with Crippen LogP contribution in [-0.4, -0.2) is 11.6 Å². The Morgan fingerprint density at radius 1 is 1.39 bits per heavy atom. The van der Waals surface area contributed by atoms with Crippen LogP contribution in [0.4, 0.5) is 5.13 Å². The van der Waals surface area contributed by atoms with Crippen LogP contribution in [0.2, 0.25) is 0 Å². The van der Waals surface area contributed by atoms with E-state index in [-0.39, 0.29) is 0 Å². The van der Waals surface area contributed by atoms with Gasteiger partial charge >= 0.3 is 0 Å². The molecule has 4 heteroatoms. The highest BCUT2D eigenvalue weighted by molar-refractivity contribution is 7.13. The summed E-state index contributed by atoms with van der Waals surface area (Å²) in [5, 5.41) is 2.52. The zero-order valence-electron chi connectivity index (χ0n) is 10.5. The van der Waals surface area contributed by atoms with Gasteiger partial charge in [0.15, 0.2) is 5.13 Å². The van der Waals surface area contributed by atoms with Gasteiger partial charge in [-0.05, 0) is 38.1 Å². The Labute approximate surface area is 111 Å². The van der Waals surface area contributed by atoms with E-state index in [1.165, 1.54) is 16.9 Å². The fourth-order valence-electron chi connectivity index (χ4n) is 1.64. The summed E-state index contributed by atoms with van der Waals surface area (Å²) in [5.74, 6) is 0.891. The third-order valence-corrected chi connectivity index (χ3v) is 3.13. The Morgan fingerprint density at radius 2 is 2.22 bits per heavy atom. The number of nitrogens with zero attached hydrogens (tertiary/aromatic N) is 1. The van der Waals surface area contributed by atoms with Crippen molar-refractivity contribution in [1.82, 2.24) is 4.98 Å². The van der Waals surface area contributed by atoms with E-state index in [0.29, 0.717) is 11.7 Å². The van der Waals surface area contributed by atoms with Crippen LogP contribution in [-0.2, 0) is 0 Å². The summed E-state index contributed by atoms with van der Waals surface area (Å²) in [7, 11) is 0. The molecule has 2 N–H and O–H groups in total. The lowest BCUT2D eigenvalue weighted by Gasteiger charge is -2.07. The summed E-state index contributed by atoms with van der Waals surface area (Å²) in [6, 6.07) is 6.13. The molecule has 3 nitrogen and oxygen atoms in total. The number of nitrogens with two attached hydrogens (primary N) is 1. The molecular formula is C14H16N2OS. The standard InChI is InChI=1S/C14H16N2OS/c1-3-17-13-7-4-10(2)8-11(13)5-6-12-9-18-14(15)16-12/h4-9H,3H2,1-2H3,(H2,15,16). The van der Waals surface area contributed by atoms with E-state index in [4.69, 9.17) is 10.5 Å². The fraction of sp³-hybridized carbons (Fsp3) is 0.214. The highest BCUT2D eigenvalue weighted by atomic mass is 32.1. The van der Waals surface area contributed by atoms with Crippen molar-refractivity contribution in [3.8, 4) is 5.75 Å². The molecule has 0 fully saturated rings. The predicted octanol–water partition coefficient (Wildman–Crippen LogP) is 3.60. The number of anilines is 1. The first-order valence-corrected chi connectivity index (χ1v) is 6.69. The summed E-state index contributed by atoms with van der Waals surface area (Å²) in [4.78, 5) is 4.19. The number of aryl methyl sites for hydroxylation is 1. The first-order valence-electron chi connectivity index (χ1n) is 5.81. The summed E-state index contributed by atoms with van der Waals surface area (Å²) in [6.07, 6.45) is 3.96. The zero-order valence-corrected chi connectivity index (χ0v) is 11.3. The minimum absolute atomic E-state index is 0.587. The largest absolute Gasteiger partial charge is 0.493 e. The van der Waals surface area contributed by atoms with E-state index in [9.17, 15) is 0 Å². The minimum atomic E-state index is 0.587. The van der Waals surface area contributed by atoms with Gasteiger partial charge in [0.05, 0.1) is 12.3 Å². The van der Waals surface area contributed by atoms with Gasteiger partial charge in [-0.15, -0.1) is 11.3 Å². The molecule has 0 radical (unpaired) electrons. The highest BCUT2D eigenvalue weighted by Gasteiger charge is 2.01. The van der Waals surface area contributed by atoms with Crippen molar-refractivity contribution in [2.45, 2.75) is 13.8 Å². The van der Waals surface area contributed by atoms with E-state index < -0.39 is 0 Å². The van der Waals surface area contributed by atoms with Gasteiger partial charge in [0.1, 0.15) is 5.75 Å². The average Bonchev–Trinajstić information content (AvgIpc) is 2.76. The SMILES string of the molecule is CCOc1ccc(C)cc1C=Cc1csc(N)n1. The molecule has 0 saturated heterocycles. The van der Waals surface area contributed by atoms with Crippen LogP contribution in [0.1, 0.15) is 23.7 Å². The van der Waals surface area contributed by atoms with Crippen molar-refractivity contribution in [1.29, 1.82) is 0 Å². The Hall–Kier alpha value is -1.81. The molecule has 0 spiro atoms. The molecule has 2 aromatic rings. The molecule has 0 aliphatic carbocycles. The van der Waals surface area contributed by atoms with Crippen LogP contribution < -0.4 is 10.5 Å². The number of hydrogen-bond acceptors (Lipinski definition) is 4. The van der Waals surface area contributed by atoms with Crippen LogP contribution in [0, 0.1) is 6.92 Å². The lowest BCUT2D eigenvalue weighted by Crippen LogP contribution is -1.94. The monoisotopic (exact) mass is 260 g/mol. The lowest BCUT2D eigenvalue weighted by molar-refractivity contribution is 0.339. The van der Waals surface area contributed by atoms with Crippen LogP contribution in [0.5, 0.6) is 5.75 Å².